The van der Waals surface area contributed by atoms with Gasteiger partial charge in [-0.2, -0.15) is 0 Å². The van der Waals surface area contributed by atoms with Crippen molar-refractivity contribution in [3.05, 3.63) is 40.1 Å². The summed E-state index contributed by atoms with van der Waals surface area (Å²) in [6, 6.07) is 7.10. The average Bonchev–Trinajstić information content (AvgIpc) is 3.07. The second-order valence-electron chi connectivity index (χ2n) is 6.54. The molecule has 1 aliphatic carbocycles. The zero-order chi connectivity index (χ0) is 16.4. The highest BCUT2D eigenvalue weighted by Gasteiger charge is 2.47. The highest BCUT2D eigenvalue weighted by molar-refractivity contribution is 9.12. The third kappa shape index (κ3) is 3.39. The van der Waals surface area contributed by atoms with Crippen LogP contribution in [0.5, 0.6) is 5.75 Å². The SMILES string of the molecule is O=C1OC(CCc2ccc(O)cc2)(C2CCCC2)CC(O)=C1Br. The van der Waals surface area contributed by atoms with Gasteiger partial charge in [-0.25, -0.2) is 4.79 Å². The number of halogens is 1. The Kier molecular flexibility index (Phi) is 4.67. The zero-order valence-corrected chi connectivity index (χ0v) is 14.5. The predicted molar refractivity (Wildman–Crippen MR) is 90.4 cm³/mol. The van der Waals surface area contributed by atoms with E-state index in [1.807, 2.05) is 12.1 Å². The summed E-state index contributed by atoms with van der Waals surface area (Å²) in [5.74, 6) is 0.171. The number of aromatic hydroxyl groups is 1. The van der Waals surface area contributed by atoms with E-state index in [1.165, 1.54) is 0 Å². The van der Waals surface area contributed by atoms with Gasteiger partial charge in [0.1, 0.15) is 21.6 Å². The third-order valence-electron chi connectivity index (χ3n) is 5.07. The molecule has 1 heterocycles. The number of aryl methyl sites for hydroxylation is 1. The first-order chi connectivity index (χ1) is 11.0. The molecule has 5 heteroatoms. The number of hydrogen-bond donors (Lipinski definition) is 2. The van der Waals surface area contributed by atoms with Crippen LogP contribution in [0.15, 0.2) is 34.5 Å². The largest absolute Gasteiger partial charge is 0.511 e. The van der Waals surface area contributed by atoms with Crippen LogP contribution < -0.4 is 0 Å². The van der Waals surface area contributed by atoms with Crippen molar-refractivity contribution in [1.29, 1.82) is 0 Å². The summed E-state index contributed by atoms with van der Waals surface area (Å²) < 4.78 is 5.98. The molecule has 1 fully saturated rings. The molecule has 1 saturated carbocycles. The monoisotopic (exact) mass is 380 g/mol. The van der Waals surface area contributed by atoms with Crippen molar-refractivity contribution in [3.8, 4) is 5.75 Å². The summed E-state index contributed by atoms with van der Waals surface area (Å²) >= 11 is 3.11. The molecule has 1 aromatic rings. The maximum Gasteiger partial charge on any atom is 0.349 e. The van der Waals surface area contributed by atoms with Crippen LogP contribution in [-0.4, -0.2) is 21.8 Å². The van der Waals surface area contributed by atoms with E-state index < -0.39 is 11.6 Å². The number of esters is 1. The fourth-order valence-corrected chi connectivity index (χ4v) is 4.01. The minimum absolute atomic E-state index is 0.0962. The molecule has 0 aromatic heterocycles. The highest BCUT2D eigenvalue weighted by Crippen LogP contribution is 2.46. The van der Waals surface area contributed by atoms with E-state index in [0.717, 1.165) is 37.7 Å². The fourth-order valence-electron chi connectivity index (χ4n) is 3.79. The van der Waals surface area contributed by atoms with E-state index in [2.05, 4.69) is 15.9 Å². The predicted octanol–water partition coefficient (Wildman–Crippen LogP) is 4.37. The molecular formula is C18H21BrO4. The lowest BCUT2D eigenvalue weighted by molar-refractivity contribution is -0.166. The average molecular weight is 381 g/mol. The van der Waals surface area contributed by atoms with Crippen molar-refractivity contribution >= 4 is 21.9 Å². The molecule has 1 unspecified atom stereocenters. The highest BCUT2D eigenvalue weighted by atomic mass is 79.9. The van der Waals surface area contributed by atoms with Crippen LogP contribution in [0.1, 0.15) is 44.1 Å². The molecule has 1 atom stereocenters. The maximum absolute atomic E-state index is 12.1. The van der Waals surface area contributed by atoms with E-state index in [-0.39, 0.29) is 16.0 Å². The quantitative estimate of drug-likeness (QED) is 0.761. The molecule has 2 N–H and O–H groups in total. The van der Waals surface area contributed by atoms with Crippen LogP contribution in [0.25, 0.3) is 0 Å². The van der Waals surface area contributed by atoms with Crippen molar-refractivity contribution in [2.75, 3.05) is 0 Å². The topological polar surface area (TPSA) is 66.8 Å². The number of phenolic OH excluding ortho intramolecular Hbond substituents is 1. The minimum atomic E-state index is -0.618. The van der Waals surface area contributed by atoms with Gasteiger partial charge in [-0.15, -0.1) is 0 Å². The number of carbonyl (C=O) groups excluding carboxylic acids is 1. The van der Waals surface area contributed by atoms with E-state index in [9.17, 15) is 15.0 Å². The number of aliphatic hydroxyl groups is 1. The molecule has 1 aliphatic heterocycles. The van der Waals surface area contributed by atoms with Crippen LogP contribution in [0.2, 0.25) is 0 Å². The number of rotatable bonds is 4. The number of benzene rings is 1. The van der Waals surface area contributed by atoms with Gasteiger partial charge in [0.2, 0.25) is 0 Å². The molecule has 0 amide bonds. The van der Waals surface area contributed by atoms with Gasteiger partial charge < -0.3 is 14.9 Å². The number of ether oxygens (including phenoxy) is 1. The van der Waals surface area contributed by atoms with Gasteiger partial charge in [-0.3, -0.25) is 0 Å². The lowest BCUT2D eigenvalue weighted by Crippen LogP contribution is -2.45. The standard InChI is InChI=1S/C18H21BrO4/c19-16-15(21)11-18(23-17(16)22,13-3-1-2-4-13)10-9-12-5-7-14(20)8-6-12/h5-8,13,20-21H,1-4,9-11H2. The van der Waals surface area contributed by atoms with Crippen LogP contribution in [0.3, 0.4) is 0 Å². The van der Waals surface area contributed by atoms with Crippen LogP contribution in [-0.2, 0) is 16.0 Å². The molecule has 1 aromatic carbocycles. The first kappa shape index (κ1) is 16.4. The van der Waals surface area contributed by atoms with Crippen LogP contribution in [0, 0.1) is 5.92 Å². The van der Waals surface area contributed by atoms with Crippen molar-refractivity contribution < 1.29 is 19.7 Å². The molecule has 0 bridgehead atoms. The molecule has 4 nitrogen and oxygen atoms in total. The summed E-state index contributed by atoms with van der Waals surface area (Å²) in [4.78, 5) is 12.1. The second-order valence-corrected chi connectivity index (χ2v) is 7.33. The summed E-state index contributed by atoms with van der Waals surface area (Å²) in [6.45, 7) is 0. The Morgan fingerprint density at radius 1 is 1.17 bits per heavy atom. The summed E-state index contributed by atoms with van der Waals surface area (Å²) in [5, 5.41) is 19.6. The van der Waals surface area contributed by atoms with E-state index in [0.29, 0.717) is 18.8 Å². The molecule has 0 saturated heterocycles. The number of aliphatic hydroxyl groups excluding tert-OH is 1. The van der Waals surface area contributed by atoms with Crippen molar-refractivity contribution in [2.45, 2.75) is 50.5 Å². The molecule has 0 radical (unpaired) electrons. The van der Waals surface area contributed by atoms with Gasteiger partial charge in [-0.1, -0.05) is 25.0 Å². The summed E-state index contributed by atoms with van der Waals surface area (Å²) in [5.41, 5.74) is 0.469. The maximum atomic E-state index is 12.1. The van der Waals surface area contributed by atoms with Gasteiger partial charge in [-0.05, 0) is 65.2 Å². The Bertz CT molecular complexity index is 616. The number of phenols is 1. The lowest BCUT2D eigenvalue weighted by Gasteiger charge is -2.41. The number of cyclic esters (lactones) is 1. The summed E-state index contributed by atoms with van der Waals surface area (Å²) in [7, 11) is 0. The van der Waals surface area contributed by atoms with E-state index in [1.54, 1.807) is 12.1 Å². The van der Waals surface area contributed by atoms with Gasteiger partial charge >= 0.3 is 5.97 Å². The first-order valence-electron chi connectivity index (χ1n) is 8.09. The number of hydrogen-bond acceptors (Lipinski definition) is 4. The lowest BCUT2D eigenvalue weighted by atomic mass is 9.77. The molecule has 0 spiro atoms. The fraction of sp³-hybridized carbons (Fsp3) is 0.500. The smallest absolute Gasteiger partial charge is 0.349 e. The molecular weight excluding hydrogens is 360 g/mol. The summed E-state index contributed by atoms with van der Waals surface area (Å²) in [6.07, 6.45) is 6.17. The van der Waals surface area contributed by atoms with Crippen molar-refractivity contribution in [1.82, 2.24) is 0 Å². The van der Waals surface area contributed by atoms with Gasteiger partial charge in [0.25, 0.3) is 0 Å². The molecule has 23 heavy (non-hydrogen) atoms. The second kappa shape index (κ2) is 6.56. The van der Waals surface area contributed by atoms with E-state index >= 15 is 0 Å². The molecule has 2 aliphatic rings. The Labute approximate surface area is 144 Å². The Morgan fingerprint density at radius 3 is 2.43 bits per heavy atom. The third-order valence-corrected chi connectivity index (χ3v) is 5.85. The normalized spacial score (nSPS) is 25.7. The Balaban J connectivity index is 1.81. The van der Waals surface area contributed by atoms with Crippen molar-refractivity contribution in [3.63, 3.8) is 0 Å². The van der Waals surface area contributed by atoms with Crippen LogP contribution in [0.4, 0.5) is 0 Å². The van der Waals surface area contributed by atoms with Crippen LogP contribution >= 0.6 is 15.9 Å². The Hall–Kier alpha value is -1.49. The first-order valence-corrected chi connectivity index (χ1v) is 8.88. The molecule has 3 rings (SSSR count). The van der Waals surface area contributed by atoms with Gasteiger partial charge in [0.05, 0.1) is 0 Å². The molecule has 124 valence electrons. The minimum Gasteiger partial charge on any atom is -0.511 e. The Morgan fingerprint density at radius 2 is 1.83 bits per heavy atom. The zero-order valence-electron chi connectivity index (χ0n) is 12.9. The van der Waals surface area contributed by atoms with E-state index in [4.69, 9.17) is 4.74 Å². The number of carbonyl (C=O) groups is 1. The van der Waals surface area contributed by atoms with Gasteiger partial charge in [0, 0.05) is 6.42 Å². The van der Waals surface area contributed by atoms with Gasteiger partial charge in [0.15, 0.2) is 0 Å². The van der Waals surface area contributed by atoms with Crippen molar-refractivity contribution in [2.24, 2.45) is 5.92 Å².